The highest BCUT2D eigenvalue weighted by atomic mass is 32.1. The van der Waals surface area contributed by atoms with Crippen LogP contribution in [0.3, 0.4) is 0 Å². The Bertz CT molecular complexity index is 409. The number of aryl methyl sites for hydroxylation is 1. The molecule has 0 radical (unpaired) electrons. The molecule has 0 aliphatic rings. The zero-order valence-corrected chi connectivity index (χ0v) is 17.7. The van der Waals surface area contributed by atoms with Crippen LogP contribution in [0.4, 0.5) is 0 Å². The van der Waals surface area contributed by atoms with E-state index in [9.17, 15) is 0 Å². The molecule has 0 saturated heterocycles. The lowest BCUT2D eigenvalue weighted by molar-refractivity contribution is 0.301. The Morgan fingerprint density at radius 3 is 1.76 bits per heavy atom. The number of para-hydroxylation sites is 1. The summed E-state index contributed by atoms with van der Waals surface area (Å²) in [6, 6.07) is 8.59. The molecule has 0 N–H and O–H groups in total. The van der Waals surface area contributed by atoms with Gasteiger partial charge in [0.05, 0.1) is 6.61 Å². The first kappa shape index (κ1) is 22.8. The molecule has 1 aromatic carbocycles. The molecule has 0 bridgehead atoms. The van der Waals surface area contributed by atoms with Crippen LogP contribution < -0.4 is 4.74 Å². The van der Waals surface area contributed by atoms with Crippen molar-refractivity contribution >= 4 is 25.3 Å². The molecule has 0 atom stereocenters. The molecule has 0 aromatic heterocycles. The average molecular weight is 383 g/mol. The van der Waals surface area contributed by atoms with Crippen LogP contribution in [0.5, 0.6) is 5.75 Å². The Morgan fingerprint density at radius 1 is 0.600 bits per heavy atom. The van der Waals surface area contributed by atoms with Crippen molar-refractivity contribution in [2.24, 2.45) is 0 Å². The summed E-state index contributed by atoms with van der Waals surface area (Å²) >= 11 is 8.52. The van der Waals surface area contributed by atoms with Crippen molar-refractivity contribution in [2.75, 3.05) is 18.1 Å². The SMILES string of the molecule is SCCCCCCCCOc1ccccc1CCCCCCCCS. The summed E-state index contributed by atoms with van der Waals surface area (Å²) in [6.07, 6.45) is 16.7. The summed E-state index contributed by atoms with van der Waals surface area (Å²) in [6.45, 7) is 0.854. The normalized spacial score (nSPS) is 11.0. The molecule has 25 heavy (non-hydrogen) atoms. The van der Waals surface area contributed by atoms with Gasteiger partial charge in [-0.1, -0.05) is 69.6 Å². The molecule has 0 aliphatic carbocycles. The lowest BCUT2D eigenvalue weighted by Crippen LogP contribution is -2.00. The van der Waals surface area contributed by atoms with Crippen LogP contribution in [-0.2, 0) is 6.42 Å². The third kappa shape index (κ3) is 12.7. The average Bonchev–Trinajstić information content (AvgIpc) is 2.64. The molecule has 0 saturated carbocycles. The van der Waals surface area contributed by atoms with E-state index in [1.807, 2.05) is 0 Å². The second-order valence-corrected chi connectivity index (χ2v) is 7.79. The minimum absolute atomic E-state index is 0.854. The predicted molar refractivity (Wildman–Crippen MR) is 119 cm³/mol. The second-order valence-electron chi connectivity index (χ2n) is 6.90. The molecule has 0 aliphatic heterocycles. The van der Waals surface area contributed by atoms with Gasteiger partial charge in [-0.05, 0) is 55.2 Å². The molecule has 0 amide bonds. The van der Waals surface area contributed by atoms with E-state index in [0.29, 0.717) is 0 Å². The van der Waals surface area contributed by atoms with Gasteiger partial charge in [-0.2, -0.15) is 25.3 Å². The summed E-state index contributed by atoms with van der Waals surface area (Å²) < 4.78 is 6.05. The maximum absolute atomic E-state index is 6.05. The number of thiol groups is 2. The van der Waals surface area contributed by atoms with Crippen LogP contribution >= 0.6 is 25.3 Å². The minimum Gasteiger partial charge on any atom is -0.493 e. The van der Waals surface area contributed by atoms with E-state index in [1.54, 1.807) is 0 Å². The lowest BCUT2D eigenvalue weighted by Gasteiger charge is -2.11. The van der Waals surface area contributed by atoms with E-state index in [4.69, 9.17) is 4.74 Å². The molecule has 0 heterocycles. The van der Waals surface area contributed by atoms with E-state index in [-0.39, 0.29) is 0 Å². The van der Waals surface area contributed by atoms with Gasteiger partial charge in [0.15, 0.2) is 0 Å². The molecule has 0 unspecified atom stereocenters. The predicted octanol–water partition coefficient (Wildman–Crippen LogP) is 7.15. The number of hydrogen-bond acceptors (Lipinski definition) is 3. The lowest BCUT2D eigenvalue weighted by atomic mass is 10.0. The summed E-state index contributed by atoms with van der Waals surface area (Å²) in [5, 5.41) is 0. The highest BCUT2D eigenvalue weighted by molar-refractivity contribution is 7.80. The molecule has 0 fully saturated rings. The van der Waals surface area contributed by atoms with Gasteiger partial charge in [0.2, 0.25) is 0 Å². The van der Waals surface area contributed by atoms with Gasteiger partial charge in [-0.25, -0.2) is 0 Å². The van der Waals surface area contributed by atoms with Gasteiger partial charge in [0.25, 0.3) is 0 Å². The first-order chi connectivity index (χ1) is 12.4. The quantitative estimate of drug-likeness (QED) is 0.215. The highest BCUT2D eigenvalue weighted by Crippen LogP contribution is 2.21. The van der Waals surface area contributed by atoms with Crippen LogP contribution in [-0.4, -0.2) is 18.1 Å². The van der Waals surface area contributed by atoms with Crippen molar-refractivity contribution in [1.29, 1.82) is 0 Å². The van der Waals surface area contributed by atoms with E-state index < -0.39 is 0 Å². The maximum atomic E-state index is 6.05. The summed E-state index contributed by atoms with van der Waals surface area (Å²) in [5.74, 6) is 3.16. The molecule has 1 aromatic rings. The standard InChI is InChI=1S/C22H38OS2/c24-19-13-7-3-1-5-9-15-21-16-10-11-17-22(21)23-18-12-6-2-4-8-14-20-25/h10-11,16-17,24-25H,1-9,12-15,18-20H2. The van der Waals surface area contributed by atoms with Crippen LogP contribution in [0, 0.1) is 0 Å². The molecule has 1 rings (SSSR count). The number of rotatable bonds is 17. The van der Waals surface area contributed by atoms with Gasteiger partial charge in [0, 0.05) is 0 Å². The maximum Gasteiger partial charge on any atom is 0.122 e. The number of hydrogen-bond donors (Lipinski definition) is 2. The molecule has 1 nitrogen and oxygen atoms in total. The van der Waals surface area contributed by atoms with Gasteiger partial charge in [-0.15, -0.1) is 0 Å². The Labute approximate surface area is 167 Å². The van der Waals surface area contributed by atoms with Crippen molar-refractivity contribution in [1.82, 2.24) is 0 Å². The number of unbranched alkanes of at least 4 members (excludes halogenated alkanes) is 10. The van der Waals surface area contributed by atoms with Gasteiger partial charge >= 0.3 is 0 Å². The Morgan fingerprint density at radius 2 is 1.12 bits per heavy atom. The van der Waals surface area contributed by atoms with E-state index in [1.165, 1.54) is 82.6 Å². The summed E-state index contributed by atoms with van der Waals surface area (Å²) in [4.78, 5) is 0. The molecular formula is C22H38OS2. The van der Waals surface area contributed by atoms with E-state index in [0.717, 1.165) is 30.3 Å². The smallest absolute Gasteiger partial charge is 0.122 e. The minimum atomic E-state index is 0.854. The van der Waals surface area contributed by atoms with E-state index >= 15 is 0 Å². The summed E-state index contributed by atoms with van der Waals surface area (Å²) in [7, 11) is 0. The molecule has 3 heteroatoms. The highest BCUT2D eigenvalue weighted by Gasteiger charge is 2.03. The van der Waals surface area contributed by atoms with Crippen molar-refractivity contribution < 1.29 is 4.74 Å². The topological polar surface area (TPSA) is 9.23 Å². The molecule has 144 valence electrons. The van der Waals surface area contributed by atoms with Crippen LogP contribution in [0.25, 0.3) is 0 Å². The van der Waals surface area contributed by atoms with Crippen molar-refractivity contribution in [3.05, 3.63) is 29.8 Å². The first-order valence-corrected chi connectivity index (χ1v) is 11.6. The van der Waals surface area contributed by atoms with Crippen molar-refractivity contribution in [3.63, 3.8) is 0 Å². The first-order valence-electron chi connectivity index (χ1n) is 10.3. The Balaban J connectivity index is 2.12. The summed E-state index contributed by atoms with van der Waals surface area (Å²) in [5.41, 5.74) is 1.38. The Kier molecular flexibility index (Phi) is 15.6. The number of benzene rings is 1. The van der Waals surface area contributed by atoms with Crippen molar-refractivity contribution in [2.45, 2.75) is 83.5 Å². The van der Waals surface area contributed by atoms with Crippen LogP contribution in [0.2, 0.25) is 0 Å². The third-order valence-corrected chi connectivity index (χ3v) is 5.27. The van der Waals surface area contributed by atoms with Crippen molar-refractivity contribution in [3.8, 4) is 5.75 Å². The third-order valence-electron chi connectivity index (χ3n) is 4.64. The second kappa shape index (κ2) is 17.1. The Hall–Kier alpha value is -0.280. The zero-order chi connectivity index (χ0) is 18.0. The van der Waals surface area contributed by atoms with E-state index in [2.05, 4.69) is 49.5 Å². The largest absolute Gasteiger partial charge is 0.493 e. The number of ether oxygens (including phenoxy) is 1. The van der Waals surface area contributed by atoms with Gasteiger partial charge < -0.3 is 4.74 Å². The van der Waals surface area contributed by atoms with Gasteiger partial charge in [0.1, 0.15) is 5.75 Å². The fraction of sp³-hybridized carbons (Fsp3) is 0.727. The molecular weight excluding hydrogens is 344 g/mol. The molecule has 0 spiro atoms. The van der Waals surface area contributed by atoms with Crippen LogP contribution in [0.15, 0.2) is 24.3 Å². The zero-order valence-electron chi connectivity index (χ0n) is 15.9. The van der Waals surface area contributed by atoms with Gasteiger partial charge in [-0.3, -0.25) is 0 Å². The fourth-order valence-corrected chi connectivity index (χ4v) is 3.54. The fourth-order valence-electron chi connectivity index (χ4n) is 3.09. The monoisotopic (exact) mass is 382 g/mol. The van der Waals surface area contributed by atoms with Crippen LogP contribution in [0.1, 0.15) is 82.6 Å².